The summed E-state index contributed by atoms with van der Waals surface area (Å²) in [7, 11) is 5.78. The van der Waals surface area contributed by atoms with Gasteiger partial charge in [-0.05, 0) is 56.3 Å². The highest BCUT2D eigenvalue weighted by Gasteiger charge is 2.41. The number of nitrogens with one attached hydrogen (secondary N) is 1. The molecule has 0 aliphatic carbocycles. The number of carbonyl (C=O) groups excluding carboxylic acids is 2. The Balaban J connectivity index is 1.96. The van der Waals surface area contributed by atoms with Gasteiger partial charge in [0.1, 0.15) is 21.3 Å². The molecule has 1 N–H and O–H groups in total. The second kappa shape index (κ2) is 10.3. The van der Waals surface area contributed by atoms with E-state index in [4.69, 9.17) is 23.9 Å². The van der Waals surface area contributed by atoms with Crippen molar-refractivity contribution in [1.82, 2.24) is 0 Å². The zero-order valence-electron chi connectivity index (χ0n) is 20.8. The largest absolute Gasteiger partial charge is 0.497 e. The molecule has 2 aliphatic rings. The minimum Gasteiger partial charge on any atom is -0.497 e. The molecule has 0 spiro atoms. The average Bonchev–Trinajstić information content (AvgIpc) is 3.33. The number of nitrogens with zero attached hydrogens (tertiary/aromatic N) is 1. The Morgan fingerprint density at radius 3 is 1.92 bits per heavy atom. The smallest absolute Gasteiger partial charge is 0.346 e. The fourth-order valence-corrected chi connectivity index (χ4v) is 6.44. The molecule has 4 rings (SSSR count). The first-order valence-electron chi connectivity index (χ1n) is 10.9. The van der Waals surface area contributed by atoms with Crippen LogP contribution in [0.5, 0.6) is 11.5 Å². The normalized spacial score (nSPS) is 17.4. The molecule has 2 aliphatic heterocycles. The standard InChI is InChI=1S/C26H26N2O6S2/c1-26(2)22(27-14-7-9-15(31-3)10-8-14)19(17-13-16(32-4)11-12-18(17)28-26)25-35-20(23(29)33-5)21(36-25)24(30)34-6/h7-13,28H,1-6H3. The second-order valence-corrected chi connectivity index (χ2v) is 10.6. The molecule has 0 amide bonds. The van der Waals surface area contributed by atoms with Crippen LogP contribution in [0.25, 0.3) is 5.57 Å². The first-order valence-corrected chi connectivity index (χ1v) is 12.6. The number of rotatable bonds is 5. The van der Waals surface area contributed by atoms with Crippen molar-refractivity contribution in [2.24, 2.45) is 4.99 Å². The van der Waals surface area contributed by atoms with Crippen molar-refractivity contribution >= 4 is 58.1 Å². The summed E-state index contributed by atoms with van der Waals surface area (Å²) < 4.78 is 21.4. The van der Waals surface area contributed by atoms with Crippen LogP contribution in [0.2, 0.25) is 0 Å². The topological polar surface area (TPSA) is 95.5 Å². The number of benzene rings is 2. The summed E-state index contributed by atoms with van der Waals surface area (Å²) >= 11 is 2.35. The molecule has 0 fully saturated rings. The maximum atomic E-state index is 12.6. The van der Waals surface area contributed by atoms with Crippen LogP contribution < -0.4 is 14.8 Å². The predicted octanol–water partition coefficient (Wildman–Crippen LogP) is 5.39. The Labute approximate surface area is 218 Å². The van der Waals surface area contributed by atoms with Gasteiger partial charge in [0.15, 0.2) is 0 Å². The van der Waals surface area contributed by atoms with Crippen molar-refractivity contribution in [2.75, 3.05) is 33.8 Å². The molecule has 2 aromatic rings. The Morgan fingerprint density at radius 2 is 1.39 bits per heavy atom. The number of fused-ring (bicyclic) bond motifs is 1. The van der Waals surface area contributed by atoms with Crippen molar-refractivity contribution < 1.29 is 28.5 Å². The average molecular weight is 527 g/mol. The predicted molar refractivity (Wildman–Crippen MR) is 144 cm³/mol. The molecule has 10 heteroatoms. The third kappa shape index (κ3) is 4.83. The second-order valence-electron chi connectivity index (χ2n) is 8.33. The lowest BCUT2D eigenvalue weighted by Gasteiger charge is -2.37. The number of hydrogen-bond acceptors (Lipinski definition) is 10. The van der Waals surface area contributed by atoms with Crippen LogP contribution in [-0.2, 0) is 19.1 Å². The van der Waals surface area contributed by atoms with Gasteiger partial charge in [0.25, 0.3) is 0 Å². The van der Waals surface area contributed by atoms with E-state index in [-0.39, 0.29) is 9.81 Å². The molecule has 36 heavy (non-hydrogen) atoms. The quantitative estimate of drug-likeness (QED) is 0.515. The number of anilines is 1. The lowest BCUT2D eigenvalue weighted by molar-refractivity contribution is -0.138. The molecule has 0 bridgehead atoms. The third-order valence-electron chi connectivity index (χ3n) is 5.63. The molecular formula is C26H26N2O6S2. The van der Waals surface area contributed by atoms with E-state index < -0.39 is 17.5 Å². The number of aliphatic imine (C=N–C) groups is 1. The van der Waals surface area contributed by atoms with Gasteiger partial charge < -0.3 is 24.3 Å². The number of methoxy groups -OCH3 is 4. The summed E-state index contributed by atoms with van der Waals surface area (Å²) in [6.07, 6.45) is 0. The van der Waals surface area contributed by atoms with Crippen molar-refractivity contribution in [1.29, 1.82) is 0 Å². The first-order chi connectivity index (χ1) is 17.2. The molecule has 0 unspecified atom stereocenters. The van der Waals surface area contributed by atoms with E-state index in [1.54, 1.807) is 14.2 Å². The molecule has 0 saturated carbocycles. The summed E-state index contributed by atoms with van der Waals surface area (Å²) in [4.78, 5) is 30.5. The zero-order valence-corrected chi connectivity index (χ0v) is 22.4. The summed E-state index contributed by atoms with van der Waals surface area (Å²) in [5.41, 5.74) is 3.38. The SMILES string of the molecule is COC(=O)C1=C(C(=O)OC)SC(=C2C(=Nc3ccc(OC)cc3)C(C)(C)Nc3ccc(OC)cc32)S1. The van der Waals surface area contributed by atoms with Gasteiger partial charge in [-0.15, -0.1) is 0 Å². The summed E-state index contributed by atoms with van der Waals surface area (Å²) in [6.45, 7) is 4.06. The van der Waals surface area contributed by atoms with Crippen LogP contribution in [0, 0.1) is 0 Å². The Hall–Kier alpha value is -3.37. The van der Waals surface area contributed by atoms with Crippen LogP contribution in [0.3, 0.4) is 0 Å². The number of carbonyl (C=O) groups is 2. The molecule has 0 saturated heterocycles. The molecule has 8 nitrogen and oxygen atoms in total. The van der Waals surface area contributed by atoms with Gasteiger partial charge in [-0.3, -0.25) is 4.99 Å². The van der Waals surface area contributed by atoms with E-state index in [0.717, 1.165) is 34.0 Å². The number of esters is 2. The molecule has 0 atom stereocenters. The van der Waals surface area contributed by atoms with Gasteiger partial charge in [0, 0.05) is 16.8 Å². The molecule has 2 aromatic carbocycles. The van der Waals surface area contributed by atoms with Crippen molar-refractivity contribution in [3.63, 3.8) is 0 Å². The number of thioether (sulfide) groups is 2. The van der Waals surface area contributed by atoms with E-state index in [1.165, 1.54) is 37.7 Å². The van der Waals surface area contributed by atoms with Crippen LogP contribution in [0.15, 0.2) is 61.5 Å². The molecular weight excluding hydrogens is 500 g/mol. The fourth-order valence-electron chi connectivity index (χ4n) is 3.85. The highest BCUT2D eigenvalue weighted by atomic mass is 32.2. The van der Waals surface area contributed by atoms with Gasteiger partial charge in [0.2, 0.25) is 0 Å². The first kappa shape index (κ1) is 25.7. The Morgan fingerprint density at radius 1 is 0.833 bits per heavy atom. The minimum absolute atomic E-state index is 0.182. The van der Waals surface area contributed by atoms with Gasteiger partial charge in [-0.2, -0.15) is 0 Å². The minimum atomic E-state index is -0.601. The summed E-state index contributed by atoms with van der Waals surface area (Å²) in [6, 6.07) is 13.2. The fraction of sp³-hybridized carbons (Fsp3) is 0.269. The summed E-state index contributed by atoms with van der Waals surface area (Å²) in [5.74, 6) is 0.192. The lowest BCUT2D eigenvalue weighted by Crippen LogP contribution is -2.44. The van der Waals surface area contributed by atoms with Gasteiger partial charge in [-0.25, -0.2) is 9.59 Å². The molecule has 188 valence electrons. The van der Waals surface area contributed by atoms with E-state index >= 15 is 0 Å². The summed E-state index contributed by atoms with van der Waals surface area (Å²) in [5, 5.41) is 3.56. The molecule has 2 heterocycles. The van der Waals surface area contributed by atoms with E-state index in [0.29, 0.717) is 9.99 Å². The van der Waals surface area contributed by atoms with Crippen LogP contribution >= 0.6 is 23.5 Å². The molecule has 0 radical (unpaired) electrons. The number of hydrogen-bond donors (Lipinski definition) is 1. The van der Waals surface area contributed by atoms with E-state index in [1.807, 2.05) is 56.3 Å². The van der Waals surface area contributed by atoms with Crippen LogP contribution in [0.4, 0.5) is 11.4 Å². The maximum absolute atomic E-state index is 12.6. The van der Waals surface area contributed by atoms with Gasteiger partial charge in [0.05, 0.1) is 49.6 Å². The van der Waals surface area contributed by atoms with Crippen molar-refractivity contribution in [2.45, 2.75) is 19.4 Å². The zero-order chi connectivity index (χ0) is 26.0. The van der Waals surface area contributed by atoms with Crippen LogP contribution in [-0.4, -0.2) is 51.6 Å². The third-order valence-corrected chi connectivity index (χ3v) is 8.18. The number of ether oxygens (including phenoxy) is 4. The Kier molecular flexibility index (Phi) is 7.37. The van der Waals surface area contributed by atoms with Crippen molar-refractivity contribution in [3.05, 3.63) is 62.1 Å². The van der Waals surface area contributed by atoms with Crippen molar-refractivity contribution in [3.8, 4) is 11.5 Å². The van der Waals surface area contributed by atoms with Gasteiger partial charge in [-0.1, -0.05) is 23.5 Å². The monoisotopic (exact) mass is 526 g/mol. The maximum Gasteiger partial charge on any atom is 0.346 e. The molecule has 0 aromatic heterocycles. The van der Waals surface area contributed by atoms with Gasteiger partial charge >= 0.3 is 11.9 Å². The van der Waals surface area contributed by atoms with E-state index in [9.17, 15) is 9.59 Å². The lowest BCUT2D eigenvalue weighted by atomic mass is 9.83. The Bertz CT molecular complexity index is 1280. The highest BCUT2D eigenvalue weighted by Crippen LogP contribution is 2.55. The van der Waals surface area contributed by atoms with E-state index in [2.05, 4.69) is 5.32 Å². The van der Waals surface area contributed by atoms with Crippen LogP contribution in [0.1, 0.15) is 19.4 Å². The highest BCUT2D eigenvalue weighted by molar-refractivity contribution is 8.29.